The normalized spacial score (nSPS) is 17.4. The molecule has 1 heterocycles. The molecule has 1 aliphatic rings. The maximum absolute atomic E-state index is 4.47. The summed E-state index contributed by atoms with van der Waals surface area (Å²) in [5, 5.41) is 3.34. The molecule has 2 rings (SSSR count). The van der Waals surface area contributed by atoms with Crippen molar-refractivity contribution in [3.05, 3.63) is 35.9 Å². The summed E-state index contributed by atoms with van der Waals surface area (Å²) < 4.78 is 0. The predicted molar refractivity (Wildman–Crippen MR) is 58.6 cm³/mol. The molecule has 73 valence electrons. The number of nitrogens with zero attached hydrogens (tertiary/aromatic N) is 1. The molecule has 1 radical (unpaired) electrons. The van der Waals surface area contributed by atoms with E-state index in [4.69, 9.17) is 0 Å². The molecule has 0 fully saturated rings. The average molecular weight is 187 g/mol. The summed E-state index contributed by atoms with van der Waals surface area (Å²) in [6.45, 7) is 4.09. The van der Waals surface area contributed by atoms with Crippen LogP contribution in [-0.4, -0.2) is 18.9 Å². The van der Waals surface area contributed by atoms with Crippen LogP contribution in [0.2, 0.25) is 0 Å². The van der Waals surface area contributed by atoms with Crippen molar-refractivity contribution in [2.75, 3.05) is 13.1 Å². The molecular weight excluding hydrogens is 172 g/mol. The molecule has 0 saturated heterocycles. The summed E-state index contributed by atoms with van der Waals surface area (Å²) in [5.41, 5.74) is 1.24. The van der Waals surface area contributed by atoms with Gasteiger partial charge in [-0.1, -0.05) is 31.2 Å². The van der Waals surface area contributed by atoms with Gasteiger partial charge < -0.3 is 5.32 Å². The molecule has 0 saturated carbocycles. The van der Waals surface area contributed by atoms with Crippen LogP contribution >= 0.6 is 0 Å². The molecule has 0 amide bonds. The van der Waals surface area contributed by atoms with Crippen molar-refractivity contribution in [3.8, 4) is 0 Å². The van der Waals surface area contributed by atoms with Crippen LogP contribution in [0.5, 0.6) is 0 Å². The lowest BCUT2D eigenvalue weighted by atomic mass is 9.95. The summed E-state index contributed by atoms with van der Waals surface area (Å²) in [6, 6.07) is 11.4. The lowest BCUT2D eigenvalue weighted by Gasteiger charge is -2.15. The minimum absolute atomic E-state index is 0.402. The van der Waals surface area contributed by atoms with Crippen molar-refractivity contribution in [3.63, 3.8) is 0 Å². The van der Waals surface area contributed by atoms with Gasteiger partial charge in [0.2, 0.25) is 0 Å². The van der Waals surface area contributed by atoms with Gasteiger partial charge in [-0.2, -0.15) is 0 Å². The van der Waals surface area contributed by atoms with Crippen molar-refractivity contribution < 1.29 is 0 Å². The van der Waals surface area contributed by atoms with Crippen molar-refractivity contribution in [2.45, 2.75) is 19.3 Å². The zero-order valence-corrected chi connectivity index (χ0v) is 8.46. The zero-order valence-electron chi connectivity index (χ0n) is 8.46. The summed E-state index contributed by atoms with van der Waals surface area (Å²) >= 11 is 0. The standard InChI is InChI=1S/C12H15N2/c1-2-11(12-13-8-9-14-12)10-6-4-3-5-7-10/h3-6,11H,2,8-9H2,1H3,(H,13,14). The molecule has 1 N–H and O–H groups in total. The minimum atomic E-state index is 0.402. The van der Waals surface area contributed by atoms with Crippen molar-refractivity contribution in [1.29, 1.82) is 0 Å². The first-order valence-corrected chi connectivity index (χ1v) is 5.16. The van der Waals surface area contributed by atoms with Crippen LogP contribution in [0.15, 0.2) is 29.3 Å². The fraction of sp³-hybridized carbons (Fsp3) is 0.417. The highest BCUT2D eigenvalue weighted by molar-refractivity contribution is 5.90. The Morgan fingerprint density at radius 2 is 2.50 bits per heavy atom. The predicted octanol–water partition coefficient (Wildman–Crippen LogP) is 1.98. The quantitative estimate of drug-likeness (QED) is 0.768. The van der Waals surface area contributed by atoms with E-state index in [1.807, 2.05) is 12.1 Å². The van der Waals surface area contributed by atoms with E-state index in [0.717, 1.165) is 25.3 Å². The molecule has 0 aliphatic carbocycles. The molecule has 1 aromatic carbocycles. The van der Waals surface area contributed by atoms with Crippen molar-refractivity contribution >= 4 is 5.84 Å². The van der Waals surface area contributed by atoms with E-state index in [-0.39, 0.29) is 0 Å². The number of nitrogens with one attached hydrogen (secondary N) is 1. The Hall–Kier alpha value is -1.31. The van der Waals surface area contributed by atoms with Gasteiger partial charge in [0.1, 0.15) is 5.84 Å². The van der Waals surface area contributed by atoms with Gasteiger partial charge in [-0.3, -0.25) is 4.99 Å². The third kappa shape index (κ3) is 1.79. The number of benzene rings is 1. The highest BCUT2D eigenvalue weighted by atomic mass is 15.1. The van der Waals surface area contributed by atoms with Crippen LogP contribution in [0, 0.1) is 6.07 Å². The number of hydrogen-bond donors (Lipinski definition) is 1. The van der Waals surface area contributed by atoms with E-state index in [1.165, 1.54) is 5.56 Å². The molecule has 0 bridgehead atoms. The van der Waals surface area contributed by atoms with Crippen molar-refractivity contribution in [1.82, 2.24) is 5.32 Å². The lowest BCUT2D eigenvalue weighted by Crippen LogP contribution is -2.25. The van der Waals surface area contributed by atoms with Gasteiger partial charge in [0.05, 0.1) is 6.54 Å². The first-order chi connectivity index (χ1) is 6.92. The van der Waals surface area contributed by atoms with E-state index in [1.54, 1.807) is 0 Å². The molecule has 1 aliphatic heterocycles. The SMILES string of the molecule is CCC(C1=NCCN1)c1[c]cccc1. The summed E-state index contributed by atoms with van der Waals surface area (Å²) in [5.74, 6) is 1.54. The Kier molecular flexibility index (Phi) is 2.82. The van der Waals surface area contributed by atoms with Crippen LogP contribution in [0.4, 0.5) is 0 Å². The van der Waals surface area contributed by atoms with Crippen LogP contribution in [0.3, 0.4) is 0 Å². The fourth-order valence-corrected chi connectivity index (χ4v) is 1.83. The Bertz CT molecular complexity index is 316. The largest absolute Gasteiger partial charge is 0.371 e. The fourth-order valence-electron chi connectivity index (χ4n) is 1.83. The topological polar surface area (TPSA) is 24.4 Å². The smallest absolute Gasteiger partial charge is 0.104 e. The highest BCUT2D eigenvalue weighted by Crippen LogP contribution is 2.20. The van der Waals surface area contributed by atoms with Gasteiger partial charge in [-0.25, -0.2) is 0 Å². The minimum Gasteiger partial charge on any atom is -0.371 e. The first-order valence-electron chi connectivity index (χ1n) is 5.16. The average Bonchev–Trinajstić information content (AvgIpc) is 2.74. The van der Waals surface area contributed by atoms with E-state index in [9.17, 15) is 0 Å². The molecule has 2 nitrogen and oxygen atoms in total. The highest BCUT2D eigenvalue weighted by Gasteiger charge is 2.18. The third-order valence-corrected chi connectivity index (χ3v) is 2.55. The van der Waals surface area contributed by atoms with Gasteiger partial charge in [0.25, 0.3) is 0 Å². The molecule has 0 aromatic heterocycles. The molecule has 0 spiro atoms. The van der Waals surface area contributed by atoms with E-state index >= 15 is 0 Å². The molecular formula is C12H15N2. The van der Waals surface area contributed by atoms with Crippen LogP contribution in [-0.2, 0) is 0 Å². The number of hydrogen-bond acceptors (Lipinski definition) is 2. The van der Waals surface area contributed by atoms with Crippen LogP contribution in [0.1, 0.15) is 24.8 Å². The molecule has 2 heteroatoms. The van der Waals surface area contributed by atoms with Gasteiger partial charge in [0.15, 0.2) is 0 Å². The Labute approximate surface area is 85.1 Å². The second-order valence-corrected chi connectivity index (χ2v) is 3.47. The zero-order chi connectivity index (χ0) is 9.80. The number of amidine groups is 1. The maximum Gasteiger partial charge on any atom is 0.104 e. The Morgan fingerprint density at radius 1 is 1.57 bits per heavy atom. The summed E-state index contributed by atoms with van der Waals surface area (Å²) in [7, 11) is 0. The summed E-state index contributed by atoms with van der Waals surface area (Å²) in [4.78, 5) is 4.47. The number of rotatable bonds is 3. The maximum atomic E-state index is 4.47. The van der Waals surface area contributed by atoms with E-state index in [0.29, 0.717) is 5.92 Å². The second kappa shape index (κ2) is 4.27. The third-order valence-electron chi connectivity index (χ3n) is 2.55. The van der Waals surface area contributed by atoms with Crippen LogP contribution < -0.4 is 5.32 Å². The molecule has 14 heavy (non-hydrogen) atoms. The van der Waals surface area contributed by atoms with E-state index < -0.39 is 0 Å². The lowest BCUT2D eigenvalue weighted by molar-refractivity contribution is 0.813. The van der Waals surface area contributed by atoms with Gasteiger partial charge in [-0.15, -0.1) is 0 Å². The van der Waals surface area contributed by atoms with Gasteiger partial charge in [0, 0.05) is 12.5 Å². The Balaban J connectivity index is 2.21. The molecule has 1 atom stereocenters. The Morgan fingerprint density at radius 3 is 3.07 bits per heavy atom. The molecule has 1 unspecified atom stereocenters. The summed E-state index contributed by atoms with van der Waals surface area (Å²) in [6.07, 6.45) is 1.08. The molecule has 1 aromatic rings. The number of aliphatic imine (C=N–C) groups is 1. The second-order valence-electron chi connectivity index (χ2n) is 3.47. The van der Waals surface area contributed by atoms with Crippen molar-refractivity contribution in [2.24, 2.45) is 4.99 Å². The van der Waals surface area contributed by atoms with Crippen LogP contribution in [0.25, 0.3) is 0 Å². The van der Waals surface area contributed by atoms with Gasteiger partial charge >= 0.3 is 0 Å². The van der Waals surface area contributed by atoms with Gasteiger partial charge in [-0.05, 0) is 18.1 Å². The first kappa shape index (κ1) is 9.25. The monoisotopic (exact) mass is 187 g/mol. The van der Waals surface area contributed by atoms with E-state index in [2.05, 4.69) is 35.4 Å².